The van der Waals surface area contributed by atoms with Gasteiger partial charge in [-0.1, -0.05) is 24.3 Å². The predicted molar refractivity (Wildman–Crippen MR) is 74.6 cm³/mol. The molecule has 0 spiro atoms. The Hall–Kier alpha value is -1.81. The highest BCUT2D eigenvalue weighted by Crippen LogP contribution is 2.21. The molecular weight excluding hydrogens is 294 g/mol. The minimum atomic E-state index is -0.118. The van der Waals surface area contributed by atoms with Crippen molar-refractivity contribution < 1.29 is 9.90 Å². The van der Waals surface area contributed by atoms with Crippen molar-refractivity contribution in [2.75, 3.05) is 5.32 Å². The summed E-state index contributed by atoms with van der Waals surface area (Å²) < 4.78 is 0.842. The van der Waals surface area contributed by atoms with Crippen LogP contribution in [-0.2, 0) is 11.2 Å². The van der Waals surface area contributed by atoms with Crippen molar-refractivity contribution in [2.45, 2.75) is 6.42 Å². The van der Waals surface area contributed by atoms with E-state index >= 15 is 0 Å². The molecule has 18 heavy (non-hydrogen) atoms. The number of rotatable bonds is 3. The molecule has 0 unspecified atom stereocenters. The average Bonchev–Trinajstić information content (AvgIpc) is 2.32. The second-order valence-corrected chi connectivity index (χ2v) is 4.73. The van der Waals surface area contributed by atoms with E-state index in [1.807, 2.05) is 24.3 Å². The van der Waals surface area contributed by atoms with Crippen LogP contribution in [0.4, 0.5) is 5.69 Å². The van der Waals surface area contributed by atoms with Crippen LogP contribution < -0.4 is 5.32 Å². The number of phenolic OH excluding ortho intramolecular Hbond substituents is 1. The van der Waals surface area contributed by atoms with Gasteiger partial charge in [-0.25, -0.2) is 0 Å². The van der Waals surface area contributed by atoms with Gasteiger partial charge in [-0.3, -0.25) is 4.79 Å². The molecule has 0 atom stereocenters. The molecule has 0 heterocycles. The topological polar surface area (TPSA) is 49.3 Å². The lowest BCUT2D eigenvalue weighted by atomic mass is 10.1. The Balaban J connectivity index is 2.03. The third-order valence-corrected chi connectivity index (χ3v) is 3.11. The highest BCUT2D eigenvalue weighted by atomic mass is 79.9. The van der Waals surface area contributed by atoms with E-state index < -0.39 is 0 Å². The average molecular weight is 306 g/mol. The predicted octanol–water partition coefficient (Wildman–Crippen LogP) is 3.34. The van der Waals surface area contributed by atoms with Gasteiger partial charge in [0.2, 0.25) is 5.91 Å². The number of nitrogens with one attached hydrogen (secondary N) is 1. The van der Waals surface area contributed by atoms with Crippen molar-refractivity contribution in [3.05, 3.63) is 58.6 Å². The van der Waals surface area contributed by atoms with Crippen molar-refractivity contribution in [2.24, 2.45) is 0 Å². The normalized spacial score (nSPS) is 10.1. The van der Waals surface area contributed by atoms with Gasteiger partial charge in [0.1, 0.15) is 5.75 Å². The largest absolute Gasteiger partial charge is 0.508 e. The van der Waals surface area contributed by atoms with Crippen molar-refractivity contribution >= 4 is 27.5 Å². The smallest absolute Gasteiger partial charge is 0.228 e. The van der Waals surface area contributed by atoms with E-state index in [1.165, 1.54) is 0 Å². The van der Waals surface area contributed by atoms with Crippen LogP contribution in [0.25, 0.3) is 0 Å². The van der Waals surface area contributed by atoms with Crippen molar-refractivity contribution in [1.82, 2.24) is 0 Å². The van der Waals surface area contributed by atoms with E-state index in [1.54, 1.807) is 24.3 Å². The summed E-state index contributed by atoms with van der Waals surface area (Å²) in [5, 5.41) is 12.1. The van der Waals surface area contributed by atoms with Gasteiger partial charge in [0, 0.05) is 4.47 Å². The van der Waals surface area contributed by atoms with Crippen molar-refractivity contribution in [3.63, 3.8) is 0 Å². The summed E-state index contributed by atoms with van der Waals surface area (Å²) in [6.07, 6.45) is 0.232. The van der Waals surface area contributed by atoms with E-state index in [2.05, 4.69) is 21.2 Å². The van der Waals surface area contributed by atoms with Crippen LogP contribution in [0.2, 0.25) is 0 Å². The molecule has 3 nitrogen and oxygen atoms in total. The molecular formula is C14H12BrNO2. The number of hydrogen-bond donors (Lipinski definition) is 2. The van der Waals surface area contributed by atoms with E-state index in [9.17, 15) is 9.90 Å². The lowest BCUT2D eigenvalue weighted by Gasteiger charge is -2.07. The van der Waals surface area contributed by atoms with E-state index in [-0.39, 0.29) is 18.1 Å². The fourth-order valence-electron chi connectivity index (χ4n) is 1.61. The Morgan fingerprint density at radius 1 is 1.17 bits per heavy atom. The summed E-state index contributed by atoms with van der Waals surface area (Å²) in [4.78, 5) is 11.8. The lowest BCUT2D eigenvalue weighted by Crippen LogP contribution is -2.14. The first-order valence-corrected chi connectivity index (χ1v) is 6.27. The van der Waals surface area contributed by atoms with E-state index in [0.717, 1.165) is 15.7 Å². The summed E-state index contributed by atoms with van der Waals surface area (Å²) in [5.74, 6) is 0.0497. The van der Waals surface area contributed by atoms with Crippen LogP contribution in [-0.4, -0.2) is 11.0 Å². The van der Waals surface area contributed by atoms with Gasteiger partial charge in [-0.15, -0.1) is 0 Å². The Kier molecular flexibility index (Phi) is 3.99. The lowest BCUT2D eigenvalue weighted by molar-refractivity contribution is -0.115. The number of carbonyl (C=O) groups excluding carboxylic acids is 1. The number of phenols is 1. The third-order valence-electron chi connectivity index (χ3n) is 2.42. The zero-order valence-corrected chi connectivity index (χ0v) is 11.1. The van der Waals surface area contributed by atoms with Crippen LogP contribution in [0.5, 0.6) is 5.75 Å². The number of anilines is 1. The van der Waals surface area contributed by atoms with Crippen LogP contribution in [0.1, 0.15) is 5.56 Å². The molecule has 0 saturated heterocycles. The SMILES string of the molecule is O=C(Cc1cccc(O)c1)Nc1ccccc1Br. The van der Waals surface area contributed by atoms with Crippen LogP contribution in [0, 0.1) is 0 Å². The number of benzene rings is 2. The Morgan fingerprint density at radius 3 is 2.67 bits per heavy atom. The Morgan fingerprint density at radius 2 is 1.94 bits per heavy atom. The first-order chi connectivity index (χ1) is 8.65. The van der Waals surface area contributed by atoms with Gasteiger partial charge in [-0.05, 0) is 45.8 Å². The molecule has 0 bridgehead atoms. The molecule has 0 aliphatic rings. The maximum Gasteiger partial charge on any atom is 0.228 e. The zero-order valence-electron chi connectivity index (χ0n) is 9.56. The summed E-state index contributed by atoms with van der Waals surface area (Å²) in [5.41, 5.74) is 1.52. The summed E-state index contributed by atoms with van der Waals surface area (Å²) >= 11 is 3.37. The molecule has 0 fully saturated rings. The first-order valence-electron chi connectivity index (χ1n) is 5.47. The van der Waals surface area contributed by atoms with Gasteiger partial charge in [0.25, 0.3) is 0 Å². The van der Waals surface area contributed by atoms with Crippen molar-refractivity contribution in [3.8, 4) is 5.75 Å². The number of hydrogen-bond acceptors (Lipinski definition) is 2. The highest BCUT2D eigenvalue weighted by molar-refractivity contribution is 9.10. The molecule has 0 aliphatic heterocycles. The molecule has 0 aromatic heterocycles. The number of aromatic hydroxyl groups is 1. The maximum atomic E-state index is 11.8. The highest BCUT2D eigenvalue weighted by Gasteiger charge is 2.06. The summed E-state index contributed by atoms with van der Waals surface area (Å²) in [6, 6.07) is 14.1. The van der Waals surface area contributed by atoms with Gasteiger partial charge >= 0.3 is 0 Å². The monoisotopic (exact) mass is 305 g/mol. The number of amides is 1. The summed E-state index contributed by atoms with van der Waals surface area (Å²) in [6.45, 7) is 0. The van der Waals surface area contributed by atoms with Gasteiger partial charge < -0.3 is 10.4 Å². The van der Waals surface area contributed by atoms with Crippen LogP contribution in [0.3, 0.4) is 0 Å². The van der Waals surface area contributed by atoms with Gasteiger partial charge in [-0.2, -0.15) is 0 Å². The van der Waals surface area contributed by atoms with E-state index in [0.29, 0.717) is 0 Å². The molecule has 0 saturated carbocycles. The minimum absolute atomic E-state index is 0.118. The molecule has 0 radical (unpaired) electrons. The van der Waals surface area contributed by atoms with Gasteiger partial charge in [0.15, 0.2) is 0 Å². The van der Waals surface area contributed by atoms with Crippen molar-refractivity contribution in [1.29, 1.82) is 0 Å². The zero-order chi connectivity index (χ0) is 13.0. The minimum Gasteiger partial charge on any atom is -0.508 e. The maximum absolute atomic E-state index is 11.8. The first kappa shape index (κ1) is 12.6. The third kappa shape index (κ3) is 3.34. The summed E-state index contributed by atoms with van der Waals surface area (Å²) in [7, 11) is 0. The van der Waals surface area contributed by atoms with Crippen LogP contribution >= 0.6 is 15.9 Å². The fraction of sp³-hybridized carbons (Fsp3) is 0.0714. The standard InChI is InChI=1S/C14H12BrNO2/c15-12-6-1-2-7-13(12)16-14(18)9-10-4-3-5-11(17)8-10/h1-8,17H,9H2,(H,16,18). The van der Waals surface area contributed by atoms with Crippen LogP contribution in [0.15, 0.2) is 53.0 Å². The second kappa shape index (κ2) is 5.69. The van der Waals surface area contributed by atoms with E-state index in [4.69, 9.17) is 0 Å². The number of halogens is 1. The number of carbonyl (C=O) groups is 1. The molecule has 0 aliphatic carbocycles. The molecule has 1 amide bonds. The Labute approximate surface area is 114 Å². The molecule has 2 rings (SSSR count). The quantitative estimate of drug-likeness (QED) is 0.914. The molecule has 2 N–H and O–H groups in total. The molecule has 2 aromatic rings. The second-order valence-electron chi connectivity index (χ2n) is 3.87. The van der Waals surface area contributed by atoms with Gasteiger partial charge in [0.05, 0.1) is 12.1 Å². The molecule has 4 heteroatoms. The Bertz CT molecular complexity index is 569. The molecule has 2 aromatic carbocycles. The fourth-order valence-corrected chi connectivity index (χ4v) is 1.99. The number of para-hydroxylation sites is 1. The molecule has 92 valence electrons.